The van der Waals surface area contributed by atoms with Crippen molar-refractivity contribution in [2.24, 2.45) is 13.0 Å². The van der Waals surface area contributed by atoms with Crippen LogP contribution in [0.4, 0.5) is 0 Å². The lowest BCUT2D eigenvalue weighted by Gasteiger charge is -2.17. The summed E-state index contributed by atoms with van der Waals surface area (Å²) in [5, 5.41) is 0. The second-order valence-corrected chi connectivity index (χ2v) is 5.91. The van der Waals surface area contributed by atoms with Gasteiger partial charge in [0.15, 0.2) is 0 Å². The summed E-state index contributed by atoms with van der Waals surface area (Å²) in [5.74, 6) is 0.718. The number of imidazole rings is 1. The van der Waals surface area contributed by atoms with Gasteiger partial charge in [0, 0.05) is 7.05 Å². The topological polar surface area (TPSA) is 44.1 Å². The Balaban J connectivity index is 2.51. The lowest BCUT2D eigenvalue weighted by atomic mass is 9.96. The predicted octanol–water partition coefficient (Wildman–Crippen LogP) is 3.57. The quantitative estimate of drug-likeness (QED) is 0.790. The Labute approximate surface area is 126 Å². The molecule has 2 aromatic rings. The third-order valence-corrected chi connectivity index (χ3v) is 3.72. The molecule has 1 aromatic carbocycles. The zero-order chi connectivity index (χ0) is 15.6. The average molecular weight is 288 g/mol. The number of esters is 1. The van der Waals surface area contributed by atoms with Gasteiger partial charge in [0.25, 0.3) is 0 Å². The van der Waals surface area contributed by atoms with Gasteiger partial charge in [-0.3, -0.25) is 4.79 Å². The minimum atomic E-state index is -0.304. The number of para-hydroxylation sites is 1. The zero-order valence-electron chi connectivity index (χ0n) is 13.5. The standard InChI is InChI=1S/C17H24N2O2/c1-6-21-17(20)13(10-11(2)3)16-18-14-9-7-8-12(4)15(14)19(16)5/h7-9,11,13H,6,10H2,1-5H3. The van der Waals surface area contributed by atoms with E-state index >= 15 is 0 Å². The van der Waals surface area contributed by atoms with Gasteiger partial charge in [-0.05, 0) is 37.8 Å². The summed E-state index contributed by atoms with van der Waals surface area (Å²) >= 11 is 0. The first-order valence-corrected chi connectivity index (χ1v) is 7.54. The average Bonchev–Trinajstić information content (AvgIpc) is 2.74. The Hall–Kier alpha value is -1.84. The molecule has 0 saturated heterocycles. The maximum absolute atomic E-state index is 12.3. The minimum Gasteiger partial charge on any atom is -0.465 e. The Bertz CT molecular complexity index is 644. The molecule has 1 unspecified atom stereocenters. The molecule has 0 aliphatic carbocycles. The fraction of sp³-hybridized carbons (Fsp3) is 0.529. The van der Waals surface area contributed by atoms with E-state index in [0.29, 0.717) is 12.5 Å². The van der Waals surface area contributed by atoms with E-state index in [1.54, 1.807) is 0 Å². The highest BCUT2D eigenvalue weighted by Crippen LogP contribution is 2.28. The fourth-order valence-corrected chi connectivity index (χ4v) is 2.82. The molecule has 0 aliphatic rings. The number of carbonyl (C=O) groups is 1. The van der Waals surface area contributed by atoms with Crippen molar-refractivity contribution < 1.29 is 9.53 Å². The Morgan fingerprint density at radius 3 is 2.67 bits per heavy atom. The number of rotatable bonds is 5. The van der Waals surface area contributed by atoms with Crippen LogP contribution in [0.1, 0.15) is 44.5 Å². The van der Waals surface area contributed by atoms with Crippen LogP contribution < -0.4 is 0 Å². The largest absolute Gasteiger partial charge is 0.465 e. The van der Waals surface area contributed by atoms with E-state index in [1.807, 2.05) is 30.7 Å². The molecular formula is C17H24N2O2. The van der Waals surface area contributed by atoms with Crippen LogP contribution in [0.2, 0.25) is 0 Å². The Morgan fingerprint density at radius 2 is 2.10 bits per heavy atom. The highest BCUT2D eigenvalue weighted by molar-refractivity contribution is 5.83. The first-order chi connectivity index (χ1) is 9.95. The lowest BCUT2D eigenvalue weighted by molar-refractivity contribution is -0.145. The van der Waals surface area contributed by atoms with Gasteiger partial charge in [0.1, 0.15) is 11.7 Å². The molecule has 0 fully saturated rings. The van der Waals surface area contributed by atoms with Crippen LogP contribution in [0.25, 0.3) is 11.0 Å². The van der Waals surface area contributed by atoms with Crippen molar-refractivity contribution in [1.29, 1.82) is 0 Å². The molecule has 0 saturated carbocycles. The summed E-state index contributed by atoms with van der Waals surface area (Å²) in [5.41, 5.74) is 3.19. The number of hydrogen-bond donors (Lipinski definition) is 0. The summed E-state index contributed by atoms with van der Waals surface area (Å²) in [6, 6.07) is 6.05. The summed E-state index contributed by atoms with van der Waals surface area (Å²) in [7, 11) is 1.98. The number of aryl methyl sites for hydroxylation is 2. The summed E-state index contributed by atoms with van der Waals surface area (Å²) < 4.78 is 7.28. The van der Waals surface area contributed by atoms with E-state index in [-0.39, 0.29) is 11.9 Å². The molecule has 4 heteroatoms. The summed E-state index contributed by atoms with van der Waals surface area (Å²) in [4.78, 5) is 17.0. The highest BCUT2D eigenvalue weighted by Gasteiger charge is 2.28. The van der Waals surface area contributed by atoms with Crippen molar-refractivity contribution in [3.8, 4) is 0 Å². The third kappa shape index (κ3) is 3.09. The van der Waals surface area contributed by atoms with Crippen molar-refractivity contribution in [1.82, 2.24) is 9.55 Å². The second kappa shape index (κ2) is 6.29. The molecule has 1 atom stereocenters. The normalized spacial score (nSPS) is 12.9. The van der Waals surface area contributed by atoms with Gasteiger partial charge in [-0.2, -0.15) is 0 Å². The molecule has 21 heavy (non-hydrogen) atoms. The van der Waals surface area contributed by atoms with E-state index < -0.39 is 0 Å². The number of benzene rings is 1. The highest BCUT2D eigenvalue weighted by atomic mass is 16.5. The first kappa shape index (κ1) is 15.5. The monoisotopic (exact) mass is 288 g/mol. The Morgan fingerprint density at radius 1 is 1.38 bits per heavy atom. The van der Waals surface area contributed by atoms with E-state index in [1.165, 1.54) is 5.56 Å². The molecule has 2 rings (SSSR count). The van der Waals surface area contributed by atoms with Gasteiger partial charge in [-0.1, -0.05) is 26.0 Å². The molecule has 0 aliphatic heterocycles. The van der Waals surface area contributed by atoms with Crippen LogP contribution in [0.15, 0.2) is 18.2 Å². The Kier molecular flexibility index (Phi) is 4.66. The smallest absolute Gasteiger partial charge is 0.316 e. The van der Waals surface area contributed by atoms with Gasteiger partial charge < -0.3 is 9.30 Å². The molecular weight excluding hydrogens is 264 g/mol. The molecule has 0 amide bonds. The molecule has 4 nitrogen and oxygen atoms in total. The van der Waals surface area contributed by atoms with Crippen molar-refractivity contribution in [2.75, 3.05) is 6.61 Å². The van der Waals surface area contributed by atoms with E-state index in [2.05, 4.69) is 26.8 Å². The number of ether oxygens (including phenoxy) is 1. The number of hydrogen-bond acceptors (Lipinski definition) is 3. The van der Waals surface area contributed by atoms with E-state index in [9.17, 15) is 4.79 Å². The van der Waals surface area contributed by atoms with Crippen LogP contribution in [-0.2, 0) is 16.6 Å². The fourth-order valence-electron chi connectivity index (χ4n) is 2.82. The van der Waals surface area contributed by atoms with Crippen LogP contribution in [0, 0.1) is 12.8 Å². The zero-order valence-corrected chi connectivity index (χ0v) is 13.5. The molecule has 0 radical (unpaired) electrons. The number of carbonyl (C=O) groups excluding carboxylic acids is 1. The van der Waals surface area contributed by atoms with Gasteiger partial charge in [0.2, 0.25) is 0 Å². The van der Waals surface area contributed by atoms with Crippen molar-refractivity contribution in [2.45, 2.75) is 40.0 Å². The van der Waals surface area contributed by atoms with Crippen molar-refractivity contribution in [3.63, 3.8) is 0 Å². The van der Waals surface area contributed by atoms with Crippen LogP contribution in [0.5, 0.6) is 0 Å². The van der Waals surface area contributed by atoms with Gasteiger partial charge in [-0.25, -0.2) is 4.98 Å². The van der Waals surface area contributed by atoms with Crippen molar-refractivity contribution in [3.05, 3.63) is 29.6 Å². The lowest BCUT2D eigenvalue weighted by Crippen LogP contribution is -2.21. The molecule has 0 N–H and O–H groups in total. The molecule has 114 valence electrons. The number of aromatic nitrogens is 2. The maximum Gasteiger partial charge on any atom is 0.316 e. The SMILES string of the molecule is CCOC(=O)C(CC(C)C)c1nc2cccc(C)c2n1C. The van der Waals surface area contributed by atoms with E-state index in [0.717, 1.165) is 23.3 Å². The van der Waals surface area contributed by atoms with Gasteiger partial charge >= 0.3 is 5.97 Å². The van der Waals surface area contributed by atoms with E-state index in [4.69, 9.17) is 9.72 Å². The number of fused-ring (bicyclic) bond motifs is 1. The predicted molar refractivity (Wildman–Crippen MR) is 84.3 cm³/mol. The summed E-state index contributed by atoms with van der Waals surface area (Å²) in [6.45, 7) is 8.52. The molecule has 0 spiro atoms. The second-order valence-electron chi connectivity index (χ2n) is 5.91. The molecule has 1 aromatic heterocycles. The maximum atomic E-state index is 12.3. The summed E-state index contributed by atoms with van der Waals surface area (Å²) in [6.07, 6.45) is 0.745. The molecule has 1 heterocycles. The van der Waals surface area contributed by atoms with Crippen molar-refractivity contribution >= 4 is 17.0 Å². The van der Waals surface area contributed by atoms with Gasteiger partial charge in [-0.15, -0.1) is 0 Å². The van der Waals surface area contributed by atoms with Gasteiger partial charge in [0.05, 0.1) is 17.6 Å². The third-order valence-electron chi connectivity index (χ3n) is 3.72. The van der Waals surface area contributed by atoms with Crippen LogP contribution in [0.3, 0.4) is 0 Å². The van der Waals surface area contributed by atoms with Crippen LogP contribution in [-0.4, -0.2) is 22.1 Å². The first-order valence-electron chi connectivity index (χ1n) is 7.54. The minimum absolute atomic E-state index is 0.178. The van der Waals surface area contributed by atoms with Crippen LogP contribution >= 0.6 is 0 Å². The molecule has 0 bridgehead atoms. The number of nitrogens with zero attached hydrogens (tertiary/aromatic N) is 2.